The summed E-state index contributed by atoms with van der Waals surface area (Å²) < 4.78 is 0. The maximum Gasteiger partial charge on any atom is 0.228 e. The summed E-state index contributed by atoms with van der Waals surface area (Å²) in [5.74, 6) is -5.36. The van der Waals surface area contributed by atoms with E-state index in [4.69, 9.17) is 11.5 Å². The fourth-order valence-corrected chi connectivity index (χ4v) is 1.69. The number of hydrogen-bond acceptors (Lipinski definition) is 4. The zero-order valence-electron chi connectivity index (χ0n) is 9.93. The van der Waals surface area contributed by atoms with Gasteiger partial charge in [-0.3, -0.25) is 19.2 Å². The van der Waals surface area contributed by atoms with Gasteiger partial charge in [-0.2, -0.15) is 0 Å². The highest BCUT2D eigenvalue weighted by molar-refractivity contribution is 6.01. The molecular weight excluding hydrogens is 224 g/mol. The Bertz CT molecular complexity index is 323. The second-order valence-electron chi connectivity index (χ2n) is 4.05. The van der Waals surface area contributed by atoms with Gasteiger partial charge in [0.2, 0.25) is 11.8 Å². The molecular formula is C11H17N2O4. The Morgan fingerprint density at radius 3 is 1.71 bits per heavy atom. The zero-order chi connectivity index (χ0) is 13.7. The van der Waals surface area contributed by atoms with Crippen LogP contribution in [0.1, 0.15) is 20.3 Å². The minimum absolute atomic E-state index is 0.0577. The Labute approximate surface area is 99.7 Å². The van der Waals surface area contributed by atoms with Gasteiger partial charge in [0.25, 0.3) is 0 Å². The Balaban J connectivity index is 4.86. The monoisotopic (exact) mass is 241 g/mol. The number of nitrogens with two attached hydrogens (primary N) is 2. The van der Waals surface area contributed by atoms with E-state index in [2.05, 4.69) is 6.92 Å². The highest BCUT2D eigenvalue weighted by Crippen LogP contribution is 2.21. The van der Waals surface area contributed by atoms with Gasteiger partial charge in [-0.25, -0.2) is 0 Å². The summed E-state index contributed by atoms with van der Waals surface area (Å²) in [5, 5.41) is 0. The van der Waals surface area contributed by atoms with E-state index in [0.29, 0.717) is 0 Å². The van der Waals surface area contributed by atoms with Crippen LogP contribution >= 0.6 is 0 Å². The molecule has 0 rings (SSSR count). The van der Waals surface area contributed by atoms with Crippen LogP contribution in [-0.4, -0.2) is 23.4 Å². The van der Waals surface area contributed by atoms with E-state index in [1.54, 1.807) is 0 Å². The van der Waals surface area contributed by atoms with Gasteiger partial charge < -0.3 is 11.5 Å². The van der Waals surface area contributed by atoms with Crippen LogP contribution in [-0.2, 0) is 19.2 Å². The quantitative estimate of drug-likeness (QED) is 0.567. The van der Waals surface area contributed by atoms with Crippen molar-refractivity contribution in [1.29, 1.82) is 0 Å². The van der Waals surface area contributed by atoms with Crippen molar-refractivity contribution in [1.82, 2.24) is 0 Å². The predicted octanol–water partition coefficient (Wildman–Crippen LogP) is -0.792. The summed E-state index contributed by atoms with van der Waals surface area (Å²) in [6.07, 6.45) is -0.0577. The molecule has 0 aromatic carbocycles. The summed E-state index contributed by atoms with van der Waals surface area (Å²) in [5.41, 5.74) is 10.1. The van der Waals surface area contributed by atoms with Crippen LogP contribution in [0.3, 0.4) is 0 Å². The van der Waals surface area contributed by atoms with Gasteiger partial charge in [-0.1, -0.05) is 0 Å². The maximum absolute atomic E-state index is 11.2. The van der Waals surface area contributed by atoms with Crippen molar-refractivity contribution in [2.75, 3.05) is 0 Å². The lowest BCUT2D eigenvalue weighted by Gasteiger charge is -2.21. The molecule has 0 aromatic rings. The molecule has 0 bridgehead atoms. The van der Waals surface area contributed by atoms with E-state index in [1.165, 1.54) is 13.8 Å². The summed E-state index contributed by atoms with van der Waals surface area (Å²) >= 11 is 0. The molecule has 3 atom stereocenters. The van der Waals surface area contributed by atoms with Gasteiger partial charge in [-0.05, 0) is 33.1 Å². The Hall–Kier alpha value is -1.72. The number of ketones is 2. The number of Topliss-reactive ketones (excluding diaryl/α,β-unsaturated/α-hetero) is 2. The van der Waals surface area contributed by atoms with E-state index in [0.717, 1.165) is 0 Å². The average molecular weight is 241 g/mol. The smallest absolute Gasteiger partial charge is 0.228 e. The van der Waals surface area contributed by atoms with E-state index in [-0.39, 0.29) is 6.42 Å². The Morgan fingerprint density at radius 2 is 1.47 bits per heavy atom. The average Bonchev–Trinajstić information content (AvgIpc) is 2.11. The fourth-order valence-electron chi connectivity index (χ4n) is 1.69. The van der Waals surface area contributed by atoms with Crippen molar-refractivity contribution >= 4 is 23.4 Å². The third kappa shape index (κ3) is 4.34. The number of primary amides is 2. The molecule has 0 saturated heterocycles. The Kier molecular flexibility index (Phi) is 5.50. The number of carbonyl (C=O) groups excluding carboxylic acids is 4. The van der Waals surface area contributed by atoms with Crippen molar-refractivity contribution < 1.29 is 19.2 Å². The molecule has 1 radical (unpaired) electrons. The van der Waals surface area contributed by atoms with Gasteiger partial charge in [0.1, 0.15) is 11.6 Å². The Morgan fingerprint density at radius 1 is 1.00 bits per heavy atom. The lowest BCUT2D eigenvalue weighted by atomic mass is 9.82. The second-order valence-corrected chi connectivity index (χ2v) is 4.05. The third-order valence-corrected chi connectivity index (χ3v) is 2.59. The van der Waals surface area contributed by atoms with Gasteiger partial charge >= 0.3 is 0 Å². The number of hydrogen-bond donors (Lipinski definition) is 2. The molecule has 0 aliphatic heterocycles. The van der Waals surface area contributed by atoms with Crippen LogP contribution in [0.2, 0.25) is 0 Å². The molecule has 0 spiro atoms. The highest BCUT2D eigenvalue weighted by Gasteiger charge is 2.32. The number of amides is 2. The molecule has 2 amide bonds. The van der Waals surface area contributed by atoms with Crippen molar-refractivity contribution in [3.8, 4) is 0 Å². The van der Waals surface area contributed by atoms with Crippen LogP contribution in [0.15, 0.2) is 0 Å². The molecule has 6 heteroatoms. The molecule has 0 heterocycles. The molecule has 0 saturated carbocycles. The molecule has 0 fully saturated rings. The summed E-state index contributed by atoms with van der Waals surface area (Å²) in [7, 11) is 0. The van der Waals surface area contributed by atoms with Gasteiger partial charge in [0, 0.05) is 0 Å². The topological polar surface area (TPSA) is 120 Å². The van der Waals surface area contributed by atoms with E-state index < -0.39 is 41.1 Å². The molecule has 95 valence electrons. The third-order valence-electron chi connectivity index (χ3n) is 2.59. The molecule has 0 aliphatic carbocycles. The minimum Gasteiger partial charge on any atom is -0.369 e. The van der Waals surface area contributed by atoms with Crippen LogP contribution in [0, 0.1) is 24.7 Å². The van der Waals surface area contributed by atoms with Crippen LogP contribution in [0.5, 0.6) is 0 Å². The van der Waals surface area contributed by atoms with Crippen LogP contribution in [0.25, 0.3) is 0 Å². The molecule has 3 unspecified atom stereocenters. The first-order valence-electron chi connectivity index (χ1n) is 5.11. The fraction of sp³-hybridized carbons (Fsp3) is 0.545. The predicted molar refractivity (Wildman–Crippen MR) is 60.2 cm³/mol. The molecule has 0 aliphatic rings. The van der Waals surface area contributed by atoms with Crippen molar-refractivity contribution in [2.45, 2.75) is 20.3 Å². The lowest BCUT2D eigenvalue weighted by molar-refractivity contribution is -0.136. The van der Waals surface area contributed by atoms with Gasteiger partial charge in [0.05, 0.1) is 11.8 Å². The van der Waals surface area contributed by atoms with Gasteiger partial charge in [0.15, 0.2) is 0 Å². The largest absolute Gasteiger partial charge is 0.369 e. The first-order valence-corrected chi connectivity index (χ1v) is 5.11. The number of carbonyl (C=O) groups is 4. The SMILES string of the molecule is [CH2]C(CC(C(C)=O)C(N)=O)C(C(C)=O)C(N)=O. The number of rotatable bonds is 7. The van der Waals surface area contributed by atoms with Crippen LogP contribution in [0.4, 0.5) is 0 Å². The normalized spacial score (nSPS) is 15.7. The molecule has 0 aromatic heterocycles. The summed E-state index contributed by atoms with van der Waals surface area (Å²) in [6.45, 7) is 6.03. The zero-order valence-corrected chi connectivity index (χ0v) is 9.93. The van der Waals surface area contributed by atoms with E-state index >= 15 is 0 Å². The lowest BCUT2D eigenvalue weighted by Crippen LogP contribution is -2.38. The molecule has 4 N–H and O–H groups in total. The molecule has 17 heavy (non-hydrogen) atoms. The first kappa shape index (κ1) is 15.3. The summed E-state index contributed by atoms with van der Waals surface area (Å²) in [4.78, 5) is 44.4. The van der Waals surface area contributed by atoms with Crippen molar-refractivity contribution in [3.63, 3.8) is 0 Å². The van der Waals surface area contributed by atoms with Crippen molar-refractivity contribution in [3.05, 3.63) is 6.92 Å². The second kappa shape index (κ2) is 6.12. The molecule has 6 nitrogen and oxygen atoms in total. The van der Waals surface area contributed by atoms with Gasteiger partial charge in [-0.15, -0.1) is 0 Å². The van der Waals surface area contributed by atoms with E-state index in [9.17, 15) is 19.2 Å². The minimum atomic E-state index is -1.10. The standard InChI is InChI=1S/C11H17N2O4/c1-5(9(7(3)15)11(13)17)4-8(6(2)14)10(12)16/h5,8-9H,1,4H2,2-3H3,(H2,12,16)(H2,13,17). The summed E-state index contributed by atoms with van der Waals surface area (Å²) in [6, 6.07) is 0. The highest BCUT2D eigenvalue weighted by atomic mass is 16.2. The van der Waals surface area contributed by atoms with Crippen LogP contribution < -0.4 is 11.5 Å². The first-order chi connectivity index (χ1) is 7.68. The van der Waals surface area contributed by atoms with Crippen molar-refractivity contribution in [2.24, 2.45) is 29.2 Å². The maximum atomic E-state index is 11.2. The van der Waals surface area contributed by atoms with E-state index in [1.807, 2.05) is 0 Å².